The molecule has 3 rings (SSSR count). The number of nitrogen functional groups attached to an aromatic ring is 1. The number of aryl methyl sites for hydroxylation is 1. The van der Waals surface area contributed by atoms with Gasteiger partial charge in [-0.05, 0) is 36.8 Å². The van der Waals surface area contributed by atoms with Gasteiger partial charge in [-0.1, -0.05) is 6.07 Å². The van der Waals surface area contributed by atoms with E-state index in [0.29, 0.717) is 17.2 Å². The molecule has 3 aromatic rings. The zero-order chi connectivity index (χ0) is 14.1. The molecule has 2 aromatic heterocycles. The molecular weight excluding hydrogens is 255 g/mol. The Morgan fingerprint density at radius 2 is 2.10 bits per heavy atom. The van der Waals surface area contributed by atoms with Crippen molar-refractivity contribution in [2.75, 3.05) is 5.73 Å². The third-order valence-electron chi connectivity index (χ3n) is 3.12. The van der Waals surface area contributed by atoms with Gasteiger partial charge in [0.25, 0.3) is 0 Å². The Morgan fingerprint density at radius 1 is 1.25 bits per heavy atom. The highest BCUT2D eigenvalue weighted by atomic mass is 19.1. The van der Waals surface area contributed by atoms with E-state index in [-0.39, 0.29) is 5.82 Å². The molecule has 0 aliphatic rings. The second-order valence-electron chi connectivity index (χ2n) is 4.54. The Morgan fingerprint density at radius 3 is 2.85 bits per heavy atom. The van der Waals surface area contributed by atoms with Crippen molar-refractivity contribution in [3.63, 3.8) is 0 Å². The summed E-state index contributed by atoms with van der Waals surface area (Å²) in [6.45, 7) is 1.85. The van der Waals surface area contributed by atoms with Crippen LogP contribution in [0.1, 0.15) is 5.56 Å². The number of benzene rings is 1. The van der Waals surface area contributed by atoms with Crippen molar-refractivity contribution in [2.45, 2.75) is 6.92 Å². The van der Waals surface area contributed by atoms with Gasteiger partial charge in [0.05, 0.1) is 23.9 Å². The number of halogens is 1. The molecule has 0 saturated carbocycles. The number of hydrogen-bond donors (Lipinski definition) is 1. The number of hydrogen-bond acceptors (Lipinski definition) is 3. The van der Waals surface area contributed by atoms with Gasteiger partial charge in [0, 0.05) is 11.8 Å². The van der Waals surface area contributed by atoms with Crippen LogP contribution in [0.3, 0.4) is 0 Å². The van der Waals surface area contributed by atoms with Crippen molar-refractivity contribution in [1.82, 2.24) is 14.5 Å². The Kier molecular flexibility index (Phi) is 2.95. The van der Waals surface area contributed by atoms with Crippen molar-refractivity contribution in [3.8, 4) is 16.9 Å². The lowest BCUT2D eigenvalue weighted by atomic mass is 10.1. The third kappa shape index (κ3) is 2.03. The Bertz CT molecular complexity index is 764. The zero-order valence-corrected chi connectivity index (χ0v) is 10.9. The number of aromatic nitrogens is 3. The average Bonchev–Trinajstić information content (AvgIpc) is 2.88. The SMILES string of the molecule is Cc1ccc(-n2cncc2-c2cccnc2N)c(F)c1. The second kappa shape index (κ2) is 4.77. The molecule has 0 amide bonds. The van der Waals surface area contributed by atoms with E-state index in [1.54, 1.807) is 35.4 Å². The molecule has 2 heterocycles. The van der Waals surface area contributed by atoms with Gasteiger partial charge in [0.2, 0.25) is 0 Å². The molecule has 0 aliphatic carbocycles. The molecule has 1 aromatic carbocycles. The molecule has 0 spiro atoms. The lowest BCUT2D eigenvalue weighted by Gasteiger charge is -2.11. The van der Waals surface area contributed by atoms with Crippen LogP contribution >= 0.6 is 0 Å². The van der Waals surface area contributed by atoms with E-state index in [1.807, 2.05) is 19.1 Å². The fourth-order valence-electron chi connectivity index (χ4n) is 2.13. The molecule has 5 heteroatoms. The van der Waals surface area contributed by atoms with Gasteiger partial charge >= 0.3 is 0 Å². The quantitative estimate of drug-likeness (QED) is 0.777. The molecule has 20 heavy (non-hydrogen) atoms. The first kappa shape index (κ1) is 12.3. The van der Waals surface area contributed by atoms with Crippen LogP contribution in [0.2, 0.25) is 0 Å². The average molecular weight is 268 g/mol. The molecule has 100 valence electrons. The largest absolute Gasteiger partial charge is 0.383 e. The summed E-state index contributed by atoms with van der Waals surface area (Å²) in [4.78, 5) is 8.14. The van der Waals surface area contributed by atoms with Crippen LogP contribution in [-0.2, 0) is 0 Å². The molecule has 2 N–H and O–H groups in total. The first-order valence-corrected chi connectivity index (χ1v) is 6.16. The predicted octanol–water partition coefficient (Wildman–Crippen LogP) is 2.96. The van der Waals surface area contributed by atoms with E-state index in [2.05, 4.69) is 9.97 Å². The first-order chi connectivity index (χ1) is 9.66. The van der Waals surface area contributed by atoms with Gasteiger partial charge in [-0.15, -0.1) is 0 Å². The Balaban J connectivity index is 2.18. The number of pyridine rings is 1. The smallest absolute Gasteiger partial charge is 0.147 e. The maximum absolute atomic E-state index is 14.1. The van der Waals surface area contributed by atoms with E-state index in [1.165, 1.54) is 6.07 Å². The minimum Gasteiger partial charge on any atom is -0.383 e. The lowest BCUT2D eigenvalue weighted by Crippen LogP contribution is -2.01. The van der Waals surface area contributed by atoms with Crippen molar-refractivity contribution < 1.29 is 4.39 Å². The molecule has 0 aliphatic heterocycles. The minimum atomic E-state index is -0.299. The van der Waals surface area contributed by atoms with E-state index in [9.17, 15) is 4.39 Å². The first-order valence-electron chi connectivity index (χ1n) is 6.16. The molecule has 0 radical (unpaired) electrons. The third-order valence-corrected chi connectivity index (χ3v) is 3.12. The van der Waals surface area contributed by atoms with Gasteiger partial charge in [0.1, 0.15) is 11.6 Å². The van der Waals surface area contributed by atoms with Gasteiger partial charge in [-0.3, -0.25) is 4.57 Å². The van der Waals surface area contributed by atoms with Crippen molar-refractivity contribution >= 4 is 5.82 Å². The fourth-order valence-corrected chi connectivity index (χ4v) is 2.13. The van der Waals surface area contributed by atoms with E-state index >= 15 is 0 Å². The van der Waals surface area contributed by atoms with Crippen LogP contribution in [0.5, 0.6) is 0 Å². The summed E-state index contributed by atoms with van der Waals surface area (Å²) in [5.74, 6) is 0.0912. The van der Waals surface area contributed by atoms with Gasteiger partial charge in [0.15, 0.2) is 0 Å². The normalized spacial score (nSPS) is 10.7. The predicted molar refractivity (Wildman–Crippen MR) is 75.9 cm³/mol. The highest BCUT2D eigenvalue weighted by molar-refractivity contribution is 5.72. The fraction of sp³-hybridized carbons (Fsp3) is 0.0667. The Hall–Kier alpha value is -2.69. The summed E-state index contributed by atoms with van der Waals surface area (Å²) in [6, 6.07) is 8.69. The van der Waals surface area contributed by atoms with Crippen LogP contribution in [0.4, 0.5) is 10.2 Å². The molecule has 4 nitrogen and oxygen atoms in total. The van der Waals surface area contributed by atoms with Gasteiger partial charge in [-0.25, -0.2) is 14.4 Å². The maximum atomic E-state index is 14.1. The topological polar surface area (TPSA) is 56.7 Å². The summed E-state index contributed by atoms with van der Waals surface area (Å²) in [5.41, 5.74) is 8.61. The van der Waals surface area contributed by atoms with Crippen molar-refractivity contribution in [2.24, 2.45) is 0 Å². The molecule has 0 unspecified atom stereocenters. The lowest BCUT2D eigenvalue weighted by molar-refractivity contribution is 0.617. The van der Waals surface area contributed by atoms with E-state index < -0.39 is 0 Å². The van der Waals surface area contributed by atoms with Crippen molar-refractivity contribution in [3.05, 3.63) is 60.4 Å². The van der Waals surface area contributed by atoms with E-state index in [4.69, 9.17) is 5.73 Å². The summed E-state index contributed by atoms with van der Waals surface area (Å²) in [5, 5.41) is 0. The molecule has 0 atom stereocenters. The summed E-state index contributed by atoms with van der Waals surface area (Å²) >= 11 is 0. The van der Waals surface area contributed by atoms with Crippen LogP contribution in [-0.4, -0.2) is 14.5 Å². The summed E-state index contributed by atoms with van der Waals surface area (Å²) < 4.78 is 15.8. The maximum Gasteiger partial charge on any atom is 0.147 e. The summed E-state index contributed by atoms with van der Waals surface area (Å²) in [7, 11) is 0. The molecule has 0 bridgehead atoms. The number of nitrogens with two attached hydrogens (primary N) is 1. The number of anilines is 1. The van der Waals surface area contributed by atoms with Crippen LogP contribution in [0.25, 0.3) is 16.9 Å². The van der Waals surface area contributed by atoms with Gasteiger partial charge in [-0.2, -0.15) is 0 Å². The minimum absolute atomic E-state index is 0.299. The number of nitrogens with zero attached hydrogens (tertiary/aromatic N) is 3. The molecule has 0 saturated heterocycles. The number of rotatable bonds is 2. The van der Waals surface area contributed by atoms with Crippen LogP contribution in [0, 0.1) is 12.7 Å². The van der Waals surface area contributed by atoms with Crippen molar-refractivity contribution in [1.29, 1.82) is 0 Å². The standard InChI is InChI=1S/C15H13FN4/c1-10-4-5-13(12(16)7-10)20-9-18-8-14(20)11-3-2-6-19-15(11)17/h2-9H,1H3,(H2,17,19). The Labute approximate surface area is 115 Å². The second-order valence-corrected chi connectivity index (χ2v) is 4.54. The number of imidazole rings is 1. The van der Waals surface area contributed by atoms with Gasteiger partial charge < -0.3 is 5.73 Å². The zero-order valence-electron chi connectivity index (χ0n) is 10.9. The van der Waals surface area contributed by atoms with Crippen LogP contribution < -0.4 is 5.73 Å². The molecular formula is C15H13FN4. The highest BCUT2D eigenvalue weighted by Gasteiger charge is 2.13. The summed E-state index contributed by atoms with van der Waals surface area (Å²) in [6.07, 6.45) is 4.83. The highest BCUT2D eigenvalue weighted by Crippen LogP contribution is 2.27. The molecule has 0 fully saturated rings. The van der Waals surface area contributed by atoms with E-state index in [0.717, 1.165) is 11.1 Å². The van der Waals surface area contributed by atoms with Crippen LogP contribution in [0.15, 0.2) is 49.1 Å². The monoisotopic (exact) mass is 268 g/mol.